The molecule has 1 aromatic carbocycles. The van der Waals surface area contributed by atoms with Crippen molar-refractivity contribution < 1.29 is 19.1 Å². The standard InChI is InChI=1S/C15H13NO4/c1-9-8-16(11-5-3-2-4-10(9)11)14(17)12-6-7-13(20-12)15(18)19/h2-7,9H,8H2,1H3,(H,18,19). The Morgan fingerprint density at radius 3 is 2.60 bits per heavy atom. The van der Waals surface area contributed by atoms with Crippen LogP contribution in [0.2, 0.25) is 0 Å². The largest absolute Gasteiger partial charge is 0.475 e. The fourth-order valence-corrected chi connectivity index (χ4v) is 2.51. The molecule has 20 heavy (non-hydrogen) atoms. The SMILES string of the molecule is CC1CN(C(=O)c2ccc(C(=O)O)o2)c2ccccc21. The van der Waals surface area contributed by atoms with E-state index in [-0.39, 0.29) is 23.3 Å². The number of benzene rings is 1. The minimum absolute atomic E-state index is 0.0475. The Morgan fingerprint density at radius 1 is 1.20 bits per heavy atom. The molecule has 1 aromatic heterocycles. The van der Waals surface area contributed by atoms with Gasteiger partial charge in [-0.1, -0.05) is 25.1 Å². The van der Waals surface area contributed by atoms with Crippen LogP contribution in [-0.4, -0.2) is 23.5 Å². The third-order valence-corrected chi connectivity index (χ3v) is 3.49. The van der Waals surface area contributed by atoms with E-state index in [0.717, 1.165) is 11.3 Å². The summed E-state index contributed by atoms with van der Waals surface area (Å²) in [5.74, 6) is -1.42. The van der Waals surface area contributed by atoms with Crippen molar-refractivity contribution in [3.05, 3.63) is 53.5 Å². The van der Waals surface area contributed by atoms with Gasteiger partial charge in [0, 0.05) is 18.2 Å². The van der Waals surface area contributed by atoms with E-state index in [1.807, 2.05) is 24.3 Å². The lowest BCUT2D eigenvalue weighted by atomic mass is 10.0. The van der Waals surface area contributed by atoms with Gasteiger partial charge in [-0.05, 0) is 23.8 Å². The maximum atomic E-state index is 12.4. The summed E-state index contributed by atoms with van der Waals surface area (Å²) in [5.41, 5.74) is 1.98. The zero-order valence-corrected chi connectivity index (χ0v) is 10.9. The summed E-state index contributed by atoms with van der Waals surface area (Å²) in [7, 11) is 0. The van der Waals surface area contributed by atoms with Crippen LogP contribution in [0.3, 0.4) is 0 Å². The second-order valence-corrected chi connectivity index (χ2v) is 4.84. The van der Waals surface area contributed by atoms with Crippen molar-refractivity contribution in [3.63, 3.8) is 0 Å². The van der Waals surface area contributed by atoms with Crippen LogP contribution in [-0.2, 0) is 0 Å². The number of carbonyl (C=O) groups excluding carboxylic acids is 1. The molecule has 5 nitrogen and oxygen atoms in total. The molecule has 0 spiro atoms. The number of hydrogen-bond acceptors (Lipinski definition) is 3. The van der Waals surface area contributed by atoms with Gasteiger partial charge in [-0.15, -0.1) is 0 Å². The number of nitrogens with zero attached hydrogens (tertiary/aromatic N) is 1. The molecule has 1 N–H and O–H groups in total. The molecule has 0 bridgehead atoms. The molecule has 1 aliphatic heterocycles. The molecule has 0 radical (unpaired) electrons. The average molecular weight is 271 g/mol. The summed E-state index contributed by atoms with van der Waals surface area (Å²) in [6.07, 6.45) is 0. The van der Waals surface area contributed by atoms with Gasteiger partial charge in [0.2, 0.25) is 5.76 Å². The van der Waals surface area contributed by atoms with E-state index in [4.69, 9.17) is 9.52 Å². The summed E-state index contributed by atoms with van der Waals surface area (Å²) in [4.78, 5) is 24.8. The van der Waals surface area contributed by atoms with Crippen LogP contribution < -0.4 is 4.90 Å². The van der Waals surface area contributed by atoms with Crippen LogP contribution in [0.1, 0.15) is 39.5 Å². The fourth-order valence-electron chi connectivity index (χ4n) is 2.51. The van der Waals surface area contributed by atoms with Crippen molar-refractivity contribution in [2.75, 3.05) is 11.4 Å². The third kappa shape index (κ3) is 1.87. The number of para-hydroxylation sites is 1. The van der Waals surface area contributed by atoms with Gasteiger partial charge in [0.15, 0.2) is 5.76 Å². The first-order valence-corrected chi connectivity index (χ1v) is 6.32. The lowest BCUT2D eigenvalue weighted by Crippen LogP contribution is -2.29. The Balaban J connectivity index is 1.94. The van der Waals surface area contributed by atoms with Crippen LogP contribution in [0.4, 0.5) is 5.69 Å². The highest BCUT2D eigenvalue weighted by Crippen LogP contribution is 2.36. The van der Waals surface area contributed by atoms with E-state index in [1.54, 1.807) is 4.90 Å². The molecule has 0 saturated heterocycles. The van der Waals surface area contributed by atoms with Gasteiger partial charge >= 0.3 is 5.97 Å². The molecular weight excluding hydrogens is 258 g/mol. The molecule has 102 valence electrons. The molecule has 1 unspecified atom stereocenters. The normalized spacial score (nSPS) is 17.1. The van der Waals surface area contributed by atoms with E-state index < -0.39 is 5.97 Å². The lowest BCUT2D eigenvalue weighted by Gasteiger charge is -2.15. The number of amides is 1. The number of fused-ring (bicyclic) bond motifs is 1. The number of anilines is 1. The Hall–Kier alpha value is -2.56. The third-order valence-electron chi connectivity index (χ3n) is 3.49. The molecule has 1 aliphatic rings. The van der Waals surface area contributed by atoms with Crippen LogP contribution in [0.5, 0.6) is 0 Å². The molecule has 2 heterocycles. The maximum absolute atomic E-state index is 12.4. The zero-order chi connectivity index (χ0) is 14.3. The fraction of sp³-hybridized carbons (Fsp3) is 0.200. The highest BCUT2D eigenvalue weighted by Gasteiger charge is 2.31. The van der Waals surface area contributed by atoms with Gasteiger partial charge in [0.05, 0.1) is 0 Å². The predicted octanol–water partition coefficient (Wildman–Crippen LogP) is 2.74. The van der Waals surface area contributed by atoms with E-state index in [0.29, 0.717) is 6.54 Å². The van der Waals surface area contributed by atoms with Gasteiger partial charge in [0.25, 0.3) is 5.91 Å². The summed E-state index contributed by atoms with van der Waals surface area (Å²) in [5, 5.41) is 8.83. The first kappa shape index (κ1) is 12.5. The molecule has 2 aromatic rings. The Labute approximate surface area is 115 Å². The van der Waals surface area contributed by atoms with Crippen molar-refractivity contribution in [2.24, 2.45) is 0 Å². The minimum Gasteiger partial charge on any atom is -0.475 e. The van der Waals surface area contributed by atoms with Crippen LogP contribution in [0.15, 0.2) is 40.8 Å². The number of carbonyl (C=O) groups is 2. The van der Waals surface area contributed by atoms with Gasteiger partial charge in [-0.2, -0.15) is 0 Å². The lowest BCUT2D eigenvalue weighted by molar-refractivity contribution is 0.0660. The quantitative estimate of drug-likeness (QED) is 0.911. The maximum Gasteiger partial charge on any atom is 0.371 e. The highest BCUT2D eigenvalue weighted by atomic mass is 16.4. The van der Waals surface area contributed by atoms with E-state index in [9.17, 15) is 9.59 Å². The predicted molar refractivity (Wildman–Crippen MR) is 72.2 cm³/mol. The molecular formula is C15H13NO4. The summed E-state index contributed by atoms with van der Waals surface area (Å²) < 4.78 is 5.08. The highest BCUT2D eigenvalue weighted by molar-refractivity contribution is 6.06. The number of furan rings is 1. The second kappa shape index (κ2) is 4.52. The van der Waals surface area contributed by atoms with Crippen LogP contribution in [0, 0.1) is 0 Å². The van der Waals surface area contributed by atoms with Gasteiger partial charge in [0.1, 0.15) is 0 Å². The zero-order valence-electron chi connectivity index (χ0n) is 10.9. The Kier molecular flexibility index (Phi) is 2.82. The molecule has 0 saturated carbocycles. The summed E-state index contributed by atoms with van der Waals surface area (Å²) >= 11 is 0. The van der Waals surface area contributed by atoms with Crippen molar-refractivity contribution >= 4 is 17.6 Å². The molecule has 1 amide bonds. The van der Waals surface area contributed by atoms with Gasteiger partial charge < -0.3 is 14.4 Å². The molecule has 1 atom stereocenters. The van der Waals surface area contributed by atoms with Gasteiger partial charge in [-0.25, -0.2) is 4.79 Å². The number of carboxylic acid groups (broad SMARTS) is 1. The van der Waals surface area contributed by atoms with Crippen LogP contribution >= 0.6 is 0 Å². The van der Waals surface area contributed by atoms with Crippen molar-refractivity contribution in [1.82, 2.24) is 0 Å². The number of rotatable bonds is 2. The number of carboxylic acids is 1. The Bertz CT molecular complexity index is 689. The molecule has 5 heteroatoms. The minimum atomic E-state index is -1.18. The van der Waals surface area contributed by atoms with E-state index in [2.05, 4.69) is 6.92 Å². The molecule has 0 fully saturated rings. The first-order chi connectivity index (χ1) is 9.58. The molecule has 0 aliphatic carbocycles. The second-order valence-electron chi connectivity index (χ2n) is 4.84. The first-order valence-electron chi connectivity index (χ1n) is 6.32. The van der Waals surface area contributed by atoms with Gasteiger partial charge in [-0.3, -0.25) is 4.79 Å². The van der Waals surface area contributed by atoms with Crippen molar-refractivity contribution in [3.8, 4) is 0 Å². The van der Waals surface area contributed by atoms with Crippen molar-refractivity contribution in [2.45, 2.75) is 12.8 Å². The van der Waals surface area contributed by atoms with E-state index >= 15 is 0 Å². The average Bonchev–Trinajstić information content (AvgIpc) is 3.04. The molecule has 3 rings (SSSR count). The number of hydrogen-bond donors (Lipinski definition) is 1. The smallest absolute Gasteiger partial charge is 0.371 e. The van der Waals surface area contributed by atoms with Crippen LogP contribution in [0.25, 0.3) is 0 Å². The Morgan fingerprint density at radius 2 is 1.90 bits per heavy atom. The summed E-state index contributed by atoms with van der Waals surface area (Å²) in [6, 6.07) is 10.4. The van der Waals surface area contributed by atoms with E-state index in [1.165, 1.54) is 12.1 Å². The van der Waals surface area contributed by atoms with Crippen molar-refractivity contribution in [1.29, 1.82) is 0 Å². The summed E-state index contributed by atoms with van der Waals surface area (Å²) in [6.45, 7) is 2.62. The topological polar surface area (TPSA) is 70.8 Å². The number of aromatic carboxylic acids is 1. The monoisotopic (exact) mass is 271 g/mol.